The van der Waals surface area contributed by atoms with Crippen molar-refractivity contribution in [2.45, 2.75) is 38.4 Å². The molecule has 11 nitrogen and oxygen atoms in total. The van der Waals surface area contributed by atoms with Gasteiger partial charge in [0.25, 0.3) is 0 Å². The molecule has 3 heterocycles. The molecular weight excluding hydrogens is 334 g/mol. The molecule has 4 atom stereocenters. The topological polar surface area (TPSA) is 149 Å². The zero-order chi connectivity index (χ0) is 18.1. The van der Waals surface area contributed by atoms with Gasteiger partial charge >= 0.3 is 5.97 Å². The average molecular weight is 351 g/mol. The number of hydrogen-bond acceptors (Lipinski definition) is 9. The van der Waals surface area contributed by atoms with Gasteiger partial charge in [-0.3, -0.25) is 14.2 Å². The second-order valence-electron chi connectivity index (χ2n) is 5.58. The summed E-state index contributed by atoms with van der Waals surface area (Å²) in [5.74, 6) is -0.612. The molecule has 0 aromatic carbocycles. The van der Waals surface area contributed by atoms with Crippen LogP contribution in [0.1, 0.15) is 20.1 Å². The van der Waals surface area contributed by atoms with Gasteiger partial charge in [-0.1, -0.05) is 0 Å². The Kier molecular flexibility index (Phi) is 4.61. The Morgan fingerprint density at radius 1 is 1.28 bits per heavy atom. The van der Waals surface area contributed by atoms with Crippen molar-refractivity contribution in [2.24, 2.45) is 0 Å². The van der Waals surface area contributed by atoms with E-state index in [-0.39, 0.29) is 18.3 Å². The number of ether oxygens (including phenoxy) is 2. The summed E-state index contributed by atoms with van der Waals surface area (Å²) in [5, 5.41) is 22.9. The molecule has 0 aliphatic carbocycles. The summed E-state index contributed by atoms with van der Waals surface area (Å²) in [4.78, 5) is 34.3. The highest BCUT2D eigenvalue weighted by Crippen LogP contribution is 2.32. The zero-order valence-corrected chi connectivity index (χ0v) is 13.5. The smallest absolute Gasteiger partial charge is 0.302 e. The van der Waals surface area contributed by atoms with Crippen LogP contribution in [0.2, 0.25) is 0 Å². The first kappa shape index (κ1) is 17.2. The number of amides is 1. The third kappa shape index (κ3) is 3.29. The fraction of sp³-hybridized carbons (Fsp3) is 0.500. The second kappa shape index (κ2) is 6.70. The van der Waals surface area contributed by atoms with E-state index >= 15 is 0 Å². The summed E-state index contributed by atoms with van der Waals surface area (Å²) in [6.45, 7) is 2.38. The van der Waals surface area contributed by atoms with E-state index in [1.54, 1.807) is 0 Å². The van der Waals surface area contributed by atoms with Crippen LogP contribution in [0.5, 0.6) is 0 Å². The fourth-order valence-electron chi connectivity index (χ4n) is 2.59. The minimum Gasteiger partial charge on any atom is -0.463 e. The van der Waals surface area contributed by atoms with Crippen molar-refractivity contribution in [2.75, 3.05) is 11.9 Å². The average Bonchev–Trinajstić information content (AvgIpc) is 3.09. The molecule has 1 aliphatic rings. The van der Waals surface area contributed by atoms with Crippen LogP contribution >= 0.6 is 0 Å². The van der Waals surface area contributed by atoms with E-state index in [0.717, 1.165) is 0 Å². The zero-order valence-electron chi connectivity index (χ0n) is 13.5. The maximum absolute atomic E-state index is 11.2. The number of aromatic nitrogens is 4. The number of imidazole rings is 1. The minimum atomic E-state index is -1.28. The molecule has 2 aromatic heterocycles. The number of carbonyl (C=O) groups excluding carboxylic acids is 2. The van der Waals surface area contributed by atoms with Gasteiger partial charge in [-0.15, -0.1) is 0 Å². The molecular formula is C14H17N5O6. The van der Waals surface area contributed by atoms with Gasteiger partial charge in [0.1, 0.15) is 31.2 Å². The van der Waals surface area contributed by atoms with Crippen LogP contribution in [-0.2, 0) is 19.1 Å². The van der Waals surface area contributed by atoms with Gasteiger partial charge in [0.05, 0.1) is 6.33 Å². The van der Waals surface area contributed by atoms with E-state index in [4.69, 9.17) is 9.47 Å². The molecule has 25 heavy (non-hydrogen) atoms. The highest BCUT2D eigenvalue weighted by atomic mass is 16.6. The molecule has 2 aromatic rings. The van der Waals surface area contributed by atoms with Crippen LogP contribution in [0.25, 0.3) is 11.2 Å². The Bertz CT molecular complexity index is 808. The second-order valence-corrected chi connectivity index (χ2v) is 5.58. The molecule has 1 amide bonds. The van der Waals surface area contributed by atoms with Gasteiger partial charge in [0.2, 0.25) is 5.91 Å². The van der Waals surface area contributed by atoms with Gasteiger partial charge in [-0.25, -0.2) is 15.0 Å². The Balaban J connectivity index is 1.89. The van der Waals surface area contributed by atoms with Crippen LogP contribution in [-0.4, -0.2) is 66.5 Å². The van der Waals surface area contributed by atoms with Crippen molar-refractivity contribution in [3.05, 3.63) is 12.7 Å². The molecule has 0 bridgehead atoms. The molecule has 0 unspecified atom stereocenters. The van der Waals surface area contributed by atoms with Gasteiger partial charge in [0.15, 0.2) is 23.2 Å². The van der Waals surface area contributed by atoms with Gasteiger partial charge in [-0.2, -0.15) is 0 Å². The van der Waals surface area contributed by atoms with Crippen molar-refractivity contribution in [1.82, 2.24) is 19.5 Å². The molecule has 1 fully saturated rings. The molecule has 1 saturated heterocycles. The van der Waals surface area contributed by atoms with Crippen molar-refractivity contribution < 1.29 is 29.3 Å². The maximum Gasteiger partial charge on any atom is 0.302 e. The lowest BCUT2D eigenvalue weighted by atomic mass is 10.1. The molecule has 11 heteroatoms. The standard InChI is InChI=1S/C14H17N5O6/c1-6(20)18-12-9-13(16-4-15-12)19(5-17-9)14-11(23)10(22)8(25-14)3-24-7(2)21/h4-5,8,10-11,14,22-23H,3H2,1-2H3,(H,15,16,18,20)/t8-,10-,11-,14-/m1/s1. The maximum atomic E-state index is 11.2. The molecule has 0 saturated carbocycles. The summed E-state index contributed by atoms with van der Waals surface area (Å²) < 4.78 is 11.9. The Morgan fingerprint density at radius 2 is 2.04 bits per heavy atom. The number of nitrogens with one attached hydrogen (secondary N) is 1. The van der Waals surface area contributed by atoms with Gasteiger partial charge < -0.3 is 25.0 Å². The van der Waals surface area contributed by atoms with E-state index in [1.165, 1.54) is 31.1 Å². The largest absolute Gasteiger partial charge is 0.463 e. The Hall–Kier alpha value is -2.63. The first-order valence-corrected chi connectivity index (χ1v) is 7.48. The van der Waals surface area contributed by atoms with Crippen molar-refractivity contribution in [1.29, 1.82) is 0 Å². The lowest BCUT2D eigenvalue weighted by Gasteiger charge is -2.16. The number of nitrogens with zero attached hydrogens (tertiary/aromatic N) is 4. The Labute approximate surface area is 141 Å². The van der Waals surface area contributed by atoms with E-state index in [9.17, 15) is 19.8 Å². The predicted molar refractivity (Wildman–Crippen MR) is 82.2 cm³/mol. The highest BCUT2D eigenvalue weighted by molar-refractivity contribution is 5.95. The van der Waals surface area contributed by atoms with Crippen molar-refractivity contribution in [3.8, 4) is 0 Å². The normalized spacial score (nSPS) is 25.9. The van der Waals surface area contributed by atoms with Crippen LogP contribution in [0.3, 0.4) is 0 Å². The number of aliphatic hydroxyl groups excluding tert-OH is 2. The van der Waals surface area contributed by atoms with Crippen molar-refractivity contribution >= 4 is 28.9 Å². The predicted octanol–water partition coefficient (Wildman–Crippen LogP) is -1.03. The van der Waals surface area contributed by atoms with Crippen LogP contribution in [0, 0.1) is 0 Å². The summed E-state index contributed by atoms with van der Waals surface area (Å²) >= 11 is 0. The third-order valence-electron chi connectivity index (χ3n) is 3.72. The number of rotatable bonds is 4. The lowest BCUT2D eigenvalue weighted by Crippen LogP contribution is -2.34. The van der Waals surface area contributed by atoms with Gasteiger partial charge in [0, 0.05) is 13.8 Å². The monoisotopic (exact) mass is 351 g/mol. The lowest BCUT2D eigenvalue weighted by molar-refractivity contribution is -0.147. The van der Waals surface area contributed by atoms with E-state index in [2.05, 4.69) is 20.3 Å². The van der Waals surface area contributed by atoms with Gasteiger partial charge in [-0.05, 0) is 0 Å². The summed E-state index contributed by atoms with van der Waals surface area (Å²) in [6.07, 6.45) is -1.81. The van der Waals surface area contributed by atoms with Crippen molar-refractivity contribution in [3.63, 3.8) is 0 Å². The SMILES string of the molecule is CC(=O)Nc1ncnc2c1ncn2[C@@H]1O[C@H](COC(C)=O)[C@@H](O)[C@H]1O. The first-order chi connectivity index (χ1) is 11.9. The first-order valence-electron chi connectivity index (χ1n) is 7.48. The number of anilines is 1. The Morgan fingerprint density at radius 3 is 2.72 bits per heavy atom. The number of esters is 1. The number of fused-ring (bicyclic) bond motifs is 1. The van der Waals surface area contributed by atoms with E-state index < -0.39 is 30.5 Å². The minimum absolute atomic E-state index is 0.192. The molecule has 3 N–H and O–H groups in total. The summed E-state index contributed by atoms with van der Waals surface area (Å²) in [7, 11) is 0. The highest BCUT2D eigenvalue weighted by Gasteiger charge is 2.44. The summed E-state index contributed by atoms with van der Waals surface area (Å²) in [6, 6.07) is 0. The number of aliphatic hydroxyl groups is 2. The van der Waals surface area contributed by atoms with E-state index in [1.807, 2.05) is 0 Å². The summed E-state index contributed by atoms with van der Waals surface area (Å²) in [5.41, 5.74) is 0.620. The number of hydrogen-bond donors (Lipinski definition) is 3. The third-order valence-corrected chi connectivity index (χ3v) is 3.72. The fourth-order valence-corrected chi connectivity index (χ4v) is 2.59. The van der Waals surface area contributed by atoms with Crippen LogP contribution in [0.4, 0.5) is 5.82 Å². The molecule has 0 radical (unpaired) electrons. The van der Waals surface area contributed by atoms with Crippen LogP contribution in [0.15, 0.2) is 12.7 Å². The molecule has 134 valence electrons. The molecule has 1 aliphatic heterocycles. The van der Waals surface area contributed by atoms with Crippen LogP contribution < -0.4 is 5.32 Å². The van der Waals surface area contributed by atoms with E-state index in [0.29, 0.717) is 11.2 Å². The quantitative estimate of drug-likeness (QED) is 0.588. The number of carbonyl (C=O) groups is 2. The molecule has 0 spiro atoms. The molecule has 3 rings (SSSR count).